The Labute approximate surface area is 96.4 Å². The van der Waals surface area contributed by atoms with Gasteiger partial charge in [-0.1, -0.05) is 0 Å². The molecule has 0 saturated carbocycles. The number of benzene rings is 1. The van der Waals surface area contributed by atoms with Crippen molar-refractivity contribution >= 4 is 5.78 Å². The molecule has 0 spiro atoms. The van der Waals surface area contributed by atoms with Crippen LogP contribution in [0.15, 0.2) is 18.2 Å². The summed E-state index contributed by atoms with van der Waals surface area (Å²) in [6.45, 7) is 7.38. The van der Waals surface area contributed by atoms with Crippen molar-refractivity contribution in [3.8, 4) is 11.5 Å². The maximum Gasteiger partial charge on any atom is 0.162 e. The number of carbonyl (C=O) groups excluding carboxylic acids is 1. The molecule has 0 saturated heterocycles. The molecule has 1 rings (SSSR count). The van der Waals surface area contributed by atoms with Crippen molar-refractivity contribution in [3.63, 3.8) is 0 Å². The molecule has 0 heterocycles. The van der Waals surface area contributed by atoms with Crippen LogP contribution in [0.4, 0.5) is 0 Å². The molecule has 0 fully saturated rings. The minimum absolute atomic E-state index is 0.0152. The molecule has 0 bridgehead atoms. The second kappa shape index (κ2) is 4.56. The SMILES string of the molecule is COc1ccc(C(C)=O)cc1OC(C)(C)C. The fourth-order valence-corrected chi connectivity index (χ4v) is 1.31. The summed E-state index contributed by atoms with van der Waals surface area (Å²) in [5.41, 5.74) is 0.308. The molecule has 0 aliphatic rings. The molecular weight excluding hydrogens is 204 g/mol. The van der Waals surface area contributed by atoms with Crippen molar-refractivity contribution in [2.45, 2.75) is 33.3 Å². The highest BCUT2D eigenvalue weighted by Crippen LogP contribution is 2.31. The van der Waals surface area contributed by atoms with E-state index in [0.717, 1.165) is 0 Å². The van der Waals surface area contributed by atoms with Crippen molar-refractivity contribution in [3.05, 3.63) is 23.8 Å². The van der Waals surface area contributed by atoms with Gasteiger partial charge in [0, 0.05) is 5.56 Å². The highest BCUT2D eigenvalue weighted by molar-refractivity contribution is 5.94. The number of carbonyl (C=O) groups is 1. The van der Waals surface area contributed by atoms with Gasteiger partial charge in [0.2, 0.25) is 0 Å². The summed E-state index contributed by atoms with van der Waals surface area (Å²) in [5.74, 6) is 1.25. The summed E-state index contributed by atoms with van der Waals surface area (Å²) in [5, 5.41) is 0. The molecule has 0 radical (unpaired) electrons. The highest BCUT2D eigenvalue weighted by atomic mass is 16.5. The van der Waals surface area contributed by atoms with Crippen LogP contribution in [0.3, 0.4) is 0 Å². The fourth-order valence-electron chi connectivity index (χ4n) is 1.31. The van der Waals surface area contributed by atoms with Crippen LogP contribution < -0.4 is 9.47 Å². The van der Waals surface area contributed by atoms with E-state index in [2.05, 4.69) is 0 Å². The largest absolute Gasteiger partial charge is 0.493 e. The van der Waals surface area contributed by atoms with Gasteiger partial charge in [-0.2, -0.15) is 0 Å². The van der Waals surface area contributed by atoms with Crippen molar-refractivity contribution < 1.29 is 14.3 Å². The first-order valence-electron chi connectivity index (χ1n) is 5.21. The number of Topliss-reactive ketones (excluding diaryl/α,β-unsaturated/α-hetero) is 1. The lowest BCUT2D eigenvalue weighted by Gasteiger charge is -2.23. The van der Waals surface area contributed by atoms with Crippen molar-refractivity contribution in [1.82, 2.24) is 0 Å². The summed E-state index contributed by atoms with van der Waals surface area (Å²) >= 11 is 0. The van der Waals surface area contributed by atoms with E-state index in [0.29, 0.717) is 17.1 Å². The highest BCUT2D eigenvalue weighted by Gasteiger charge is 2.16. The topological polar surface area (TPSA) is 35.5 Å². The summed E-state index contributed by atoms with van der Waals surface area (Å²) in [6.07, 6.45) is 0. The first-order chi connectivity index (χ1) is 7.33. The smallest absolute Gasteiger partial charge is 0.162 e. The molecule has 1 aromatic rings. The van der Waals surface area contributed by atoms with Crippen molar-refractivity contribution in [1.29, 1.82) is 0 Å². The minimum Gasteiger partial charge on any atom is -0.493 e. The van der Waals surface area contributed by atoms with Gasteiger partial charge in [-0.05, 0) is 45.9 Å². The average molecular weight is 222 g/mol. The predicted molar refractivity (Wildman–Crippen MR) is 63.4 cm³/mol. The molecule has 0 aliphatic carbocycles. The van der Waals surface area contributed by atoms with E-state index in [4.69, 9.17) is 9.47 Å². The first kappa shape index (κ1) is 12.6. The van der Waals surface area contributed by atoms with Crippen LogP contribution in [0.25, 0.3) is 0 Å². The Morgan fingerprint density at radius 2 is 1.81 bits per heavy atom. The van der Waals surface area contributed by atoms with Crippen LogP contribution in [0.1, 0.15) is 38.1 Å². The third-order valence-electron chi connectivity index (χ3n) is 1.99. The van der Waals surface area contributed by atoms with Crippen LogP contribution in [-0.2, 0) is 0 Å². The molecule has 0 amide bonds. The van der Waals surface area contributed by atoms with Crippen LogP contribution in [0.2, 0.25) is 0 Å². The minimum atomic E-state index is -0.317. The lowest BCUT2D eigenvalue weighted by atomic mass is 10.1. The summed E-state index contributed by atoms with van der Waals surface area (Å²) in [4.78, 5) is 11.3. The Hall–Kier alpha value is -1.51. The van der Waals surface area contributed by atoms with Gasteiger partial charge in [-0.25, -0.2) is 0 Å². The fraction of sp³-hybridized carbons (Fsp3) is 0.462. The third-order valence-corrected chi connectivity index (χ3v) is 1.99. The maximum absolute atomic E-state index is 11.3. The van der Waals surface area contributed by atoms with E-state index < -0.39 is 0 Å². The average Bonchev–Trinajstić information content (AvgIpc) is 2.15. The van der Waals surface area contributed by atoms with Gasteiger partial charge in [0.25, 0.3) is 0 Å². The number of hydrogen-bond acceptors (Lipinski definition) is 3. The van der Waals surface area contributed by atoms with Gasteiger partial charge < -0.3 is 9.47 Å². The van der Waals surface area contributed by atoms with Gasteiger partial charge >= 0.3 is 0 Å². The second-order valence-corrected chi connectivity index (χ2v) is 4.64. The van der Waals surface area contributed by atoms with Gasteiger partial charge in [-0.3, -0.25) is 4.79 Å². The molecule has 88 valence electrons. The van der Waals surface area contributed by atoms with E-state index in [9.17, 15) is 4.79 Å². The normalized spacial score (nSPS) is 11.1. The van der Waals surface area contributed by atoms with Gasteiger partial charge in [0.05, 0.1) is 7.11 Å². The van der Waals surface area contributed by atoms with Crippen molar-refractivity contribution in [2.24, 2.45) is 0 Å². The van der Waals surface area contributed by atoms with E-state index in [1.54, 1.807) is 25.3 Å². The lowest BCUT2D eigenvalue weighted by molar-refractivity contribution is 0.101. The zero-order chi connectivity index (χ0) is 12.3. The Kier molecular flexibility index (Phi) is 3.58. The van der Waals surface area contributed by atoms with E-state index in [-0.39, 0.29) is 11.4 Å². The number of ether oxygens (including phenoxy) is 2. The molecule has 0 atom stereocenters. The standard InChI is InChI=1S/C13H18O3/c1-9(14)10-6-7-11(15-5)12(8-10)16-13(2,3)4/h6-8H,1-5H3. The molecule has 16 heavy (non-hydrogen) atoms. The quantitative estimate of drug-likeness (QED) is 0.737. The van der Waals surface area contributed by atoms with Gasteiger partial charge in [-0.15, -0.1) is 0 Å². The molecule has 0 N–H and O–H groups in total. The van der Waals surface area contributed by atoms with Crippen LogP contribution in [0, 0.1) is 0 Å². The first-order valence-corrected chi connectivity index (χ1v) is 5.21. The van der Waals surface area contributed by atoms with E-state index in [1.807, 2.05) is 20.8 Å². The summed E-state index contributed by atoms with van der Waals surface area (Å²) in [6, 6.07) is 5.20. The van der Waals surface area contributed by atoms with E-state index >= 15 is 0 Å². The molecule has 0 aromatic heterocycles. The summed E-state index contributed by atoms with van der Waals surface area (Å²) in [7, 11) is 1.58. The van der Waals surface area contributed by atoms with Gasteiger partial charge in [0.15, 0.2) is 17.3 Å². The monoisotopic (exact) mass is 222 g/mol. The Balaban J connectivity index is 3.12. The maximum atomic E-state index is 11.3. The lowest BCUT2D eigenvalue weighted by Crippen LogP contribution is -2.23. The predicted octanol–water partition coefficient (Wildman–Crippen LogP) is 3.08. The summed E-state index contributed by atoms with van der Waals surface area (Å²) < 4.78 is 10.9. The van der Waals surface area contributed by atoms with Crippen LogP contribution >= 0.6 is 0 Å². The zero-order valence-electron chi connectivity index (χ0n) is 10.5. The second-order valence-electron chi connectivity index (χ2n) is 4.64. The van der Waals surface area contributed by atoms with Crippen LogP contribution in [0.5, 0.6) is 11.5 Å². The number of rotatable bonds is 3. The third kappa shape index (κ3) is 3.26. The van der Waals surface area contributed by atoms with Crippen molar-refractivity contribution in [2.75, 3.05) is 7.11 Å². The number of methoxy groups -OCH3 is 1. The number of ketones is 1. The number of hydrogen-bond donors (Lipinski definition) is 0. The Bertz CT molecular complexity index is 389. The molecular formula is C13H18O3. The molecule has 1 aromatic carbocycles. The molecule has 3 nitrogen and oxygen atoms in total. The zero-order valence-corrected chi connectivity index (χ0v) is 10.5. The molecule has 3 heteroatoms. The van der Waals surface area contributed by atoms with Gasteiger partial charge in [0.1, 0.15) is 5.60 Å². The van der Waals surface area contributed by atoms with E-state index in [1.165, 1.54) is 6.92 Å². The molecule has 0 unspecified atom stereocenters. The van der Waals surface area contributed by atoms with Crippen LogP contribution in [-0.4, -0.2) is 18.5 Å². The Morgan fingerprint density at radius 3 is 2.25 bits per heavy atom. The Morgan fingerprint density at radius 1 is 1.19 bits per heavy atom. The molecule has 0 aliphatic heterocycles.